The Balaban J connectivity index is 1.68. The van der Waals surface area contributed by atoms with Gasteiger partial charge < -0.3 is 5.32 Å². The molecular formula is C24H22F2N4O2. The van der Waals surface area contributed by atoms with Crippen molar-refractivity contribution < 1.29 is 13.6 Å². The van der Waals surface area contributed by atoms with Crippen molar-refractivity contribution in [3.8, 4) is 5.69 Å². The first-order chi connectivity index (χ1) is 15.3. The van der Waals surface area contributed by atoms with Gasteiger partial charge in [0.25, 0.3) is 5.56 Å². The number of hydrogen-bond acceptors (Lipinski definition) is 3. The number of anilines is 1. The molecule has 0 aliphatic rings. The number of hydrogen-bond donors (Lipinski definition) is 1. The number of carbonyl (C=O) groups excluding carboxylic acids is 1. The van der Waals surface area contributed by atoms with Crippen LogP contribution in [0.2, 0.25) is 0 Å². The monoisotopic (exact) mass is 436 g/mol. The Morgan fingerprint density at radius 2 is 1.78 bits per heavy atom. The van der Waals surface area contributed by atoms with Crippen molar-refractivity contribution in [3.63, 3.8) is 0 Å². The molecule has 2 aromatic heterocycles. The van der Waals surface area contributed by atoms with Gasteiger partial charge in [0.1, 0.15) is 17.3 Å². The van der Waals surface area contributed by atoms with Crippen LogP contribution in [0.25, 0.3) is 16.7 Å². The molecule has 0 saturated heterocycles. The van der Waals surface area contributed by atoms with E-state index >= 15 is 0 Å². The van der Waals surface area contributed by atoms with E-state index in [4.69, 9.17) is 0 Å². The van der Waals surface area contributed by atoms with Gasteiger partial charge in [-0.25, -0.2) is 13.5 Å². The van der Waals surface area contributed by atoms with Crippen LogP contribution in [0, 0.1) is 25.5 Å². The topological polar surface area (TPSA) is 68.9 Å². The quantitative estimate of drug-likeness (QED) is 0.510. The molecule has 164 valence electrons. The van der Waals surface area contributed by atoms with Crippen molar-refractivity contribution in [2.24, 2.45) is 7.05 Å². The van der Waals surface area contributed by atoms with Crippen LogP contribution in [-0.4, -0.2) is 20.3 Å². The Morgan fingerprint density at radius 1 is 1.06 bits per heavy atom. The predicted octanol–water partition coefficient (Wildman–Crippen LogP) is 4.19. The number of halogens is 2. The molecule has 0 aliphatic carbocycles. The molecule has 0 fully saturated rings. The van der Waals surface area contributed by atoms with E-state index in [1.54, 1.807) is 23.9 Å². The summed E-state index contributed by atoms with van der Waals surface area (Å²) in [6.45, 7) is 3.67. The first-order valence-corrected chi connectivity index (χ1v) is 10.2. The minimum absolute atomic E-state index is 0.0933. The smallest absolute Gasteiger partial charge is 0.255 e. The van der Waals surface area contributed by atoms with Crippen molar-refractivity contribution in [1.82, 2.24) is 14.3 Å². The Morgan fingerprint density at radius 3 is 2.47 bits per heavy atom. The summed E-state index contributed by atoms with van der Waals surface area (Å²) < 4.78 is 29.9. The van der Waals surface area contributed by atoms with E-state index in [2.05, 4.69) is 10.4 Å². The normalized spacial score (nSPS) is 11.2. The third-order valence-corrected chi connectivity index (χ3v) is 5.53. The molecule has 4 aromatic rings. The second-order valence-electron chi connectivity index (χ2n) is 7.70. The van der Waals surface area contributed by atoms with Crippen LogP contribution in [0.15, 0.2) is 53.3 Å². The summed E-state index contributed by atoms with van der Waals surface area (Å²) in [6.07, 6.45) is 0.335. The maximum Gasteiger partial charge on any atom is 0.255 e. The van der Waals surface area contributed by atoms with Gasteiger partial charge in [-0.1, -0.05) is 6.07 Å². The standard InChI is InChI=1S/C24H22F2N4O2/c1-14-20(11-12-21(31)27-18-9-7-16(25)8-10-18)24(32)29(3)23-22(14)15(2)28-30(23)19-6-4-5-17(26)13-19/h4-10,13H,11-12H2,1-3H3,(H,27,31). The minimum atomic E-state index is -0.394. The molecule has 0 spiro atoms. The van der Waals surface area contributed by atoms with Crippen molar-refractivity contribution in [2.45, 2.75) is 26.7 Å². The maximum atomic E-state index is 13.8. The van der Waals surface area contributed by atoms with Gasteiger partial charge in [-0.05, 0) is 68.3 Å². The average Bonchev–Trinajstić information content (AvgIpc) is 3.11. The highest BCUT2D eigenvalue weighted by Gasteiger charge is 2.20. The van der Waals surface area contributed by atoms with Crippen LogP contribution in [0.5, 0.6) is 0 Å². The van der Waals surface area contributed by atoms with Gasteiger partial charge in [0, 0.05) is 30.1 Å². The van der Waals surface area contributed by atoms with E-state index in [0.29, 0.717) is 28.3 Å². The van der Waals surface area contributed by atoms with Crippen molar-refractivity contribution >= 4 is 22.6 Å². The van der Waals surface area contributed by atoms with Gasteiger partial charge in [0.05, 0.1) is 11.4 Å². The third-order valence-electron chi connectivity index (χ3n) is 5.53. The largest absolute Gasteiger partial charge is 0.326 e. The van der Waals surface area contributed by atoms with Crippen LogP contribution in [0.1, 0.15) is 23.2 Å². The fourth-order valence-corrected chi connectivity index (χ4v) is 3.95. The fourth-order valence-electron chi connectivity index (χ4n) is 3.95. The van der Waals surface area contributed by atoms with E-state index in [-0.39, 0.29) is 30.1 Å². The molecule has 0 unspecified atom stereocenters. The number of aromatic nitrogens is 3. The molecule has 1 amide bonds. The van der Waals surface area contributed by atoms with Gasteiger partial charge in [0.15, 0.2) is 0 Å². The van der Waals surface area contributed by atoms with Crippen LogP contribution in [-0.2, 0) is 18.3 Å². The zero-order chi connectivity index (χ0) is 23.0. The van der Waals surface area contributed by atoms with Gasteiger partial charge >= 0.3 is 0 Å². The first-order valence-electron chi connectivity index (χ1n) is 10.2. The predicted molar refractivity (Wildman–Crippen MR) is 119 cm³/mol. The number of nitrogens with zero attached hydrogens (tertiary/aromatic N) is 3. The molecule has 0 atom stereocenters. The second kappa shape index (κ2) is 8.37. The number of rotatable bonds is 5. The highest BCUT2D eigenvalue weighted by molar-refractivity contribution is 5.91. The van der Waals surface area contributed by atoms with Gasteiger partial charge in [0.2, 0.25) is 5.91 Å². The Hall–Kier alpha value is -3.81. The number of pyridine rings is 1. The first kappa shape index (κ1) is 21.4. The Bertz CT molecular complexity index is 1390. The summed E-state index contributed by atoms with van der Waals surface area (Å²) in [5.41, 5.74) is 3.31. The minimum Gasteiger partial charge on any atom is -0.326 e. The number of nitrogens with one attached hydrogen (secondary N) is 1. The summed E-state index contributed by atoms with van der Waals surface area (Å²) in [5, 5.41) is 8.05. The molecule has 0 radical (unpaired) electrons. The molecule has 2 aromatic carbocycles. The number of aryl methyl sites for hydroxylation is 3. The molecular weight excluding hydrogens is 414 g/mol. The summed E-state index contributed by atoms with van der Waals surface area (Å²) in [5.74, 6) is -1.05. The van der Waals surface area contributed by atoms with Crippen LogP contribution < -0.4 is 10.9 Å². The van der Waals surface area contributed by atoms with E-state index in [0.717, 1.165) is 10.9 Å². The molecule has 0 aliphatic heterocycles. The number of benzene rings is 2. The molecule has 0 saturated carbocycles. The highest BCUT2D eigenvalue weighted by atomic mass is 19.1. The van der Waals surface area contributed by atoms with E-state index in [9.17, 15) is 18.4 Å². The SMILES string of the molecule is Cc1nn(-c2cccc(F)c2)c2c1c(C)c(CCC(=O)Nc1ccc(F)cc1)c(=O)n2C. The zero-order valence-electron chi connectivity index (χ0n) is 17.9. The summed E-state index contributed by atoms with van der Waals surface area (Å²) in [6, 6.07) is 11.5. The lowest BCUT2D eigenvalue weighted by molar-refractivity contribution is -0.116. The number of fused-ring (bicyclic) bond motifs is 1. The van der Waals surface area contributed by atoms with Crippen LogP contribution in [0.3, 0.4) is 0 Å². The number of amides is 1. The summed E-state index contributed by atoms with van der Waals surface area (Å²) in [4.78, 5) is 25.5. The van der Waals surface area contributed by atoms with Gasteiger partial charge in [-0.15, -0.1) is 0 Å². The lowest BCUT2D eigenvalue weighted by atomic mass is 10.0. The average molecular weight is 436 g/mol. The van der Waals surface area contributed by atoms with E-state index < -0.39 is 5.82 Å². The second-order valence-corrected chi connectivity index (χ2v) is 7.70. The summed E-state index contributed by atoms with van der Waals surface area (Å²) in [7, 11) is 1.64. The Labute approximate surface area is 183 Å². The lowest BCUT2D eigenvalue weighted by Gasteiger charge is -2.13. The van der Waals surface area contributed by atoms with Crippen molar-refractivity contribution in [1.29, 1.82) is 0 Å². The maximum absolute atomic E-state index is 13.8. The fraction of sp³-hybridized carbons (Fsp3) is 0.208. The number of carbonyl (C=O) groups is 1. The van der Waals surface area contributed by atoms with E-state index in [1.165, 1.54) is 41.0 Å². The molecule has 6 nitrogen and oxygen atoms in total. The lowest BCUT2D eigenvalue weighted by Crippen LogP contribution is -2.25. The molecule has 1 N–H and O–H groups in total. The molecule has 8 heteroatoms. The highest BCUT2D eigenvalue weighted by Crippen LogP contribution is 2.26. The van der Waals surface area contributed by atoms with E-state index in [1.807, 2.05) is 13.8 Å². The van der Waals surface area contributed by atoms with Gasteiger partial charge in [-0.2, -0.15) is 5.10 Å². The third kappa shape index (κ3) is 3.91. The van der Waals surface area contributed by atoms with Crippen LogP contribution >= 0.6 is 0 Å². The summed E-state index contributed by atoms with van der Waals surface area (Å²) >= 11 is 0. The van der Waals surface area contributed by atoms with Crippen molar-refractivity contribution in [2.75, 3.05) is 5.32 Å². The molecule has 0 bridgehead atoms. The van der Waals surface area contributed by atoms with Gasteiger partial charge in [-0.3, -0.25) is 14.2 Å². The molecule has 32 heavy (non-hydrogen) atoms. The van der Waals surface area contributed by atoms with Crippen molar-refractivity contribution in [3.05, 3.63) is 87.3 Å². The Kier molecular flexibility index (Phi) is 5.61. The van der Waals surface area contributed by atoms with Crippen LogP contribution in [0.4, 0.5) is 14.5 Å². The zero-order valence-corrected chi connectivity index (χ0v) is 17.9. The molecule has 4 rings (SSSR count). The molecule has 2 heterocycles.